The van der Waals surface area contributed by atoms with Crippen LogP contribution in [0.5, 0.6) is 0 Å². The maximum Gasteiger partial charge on any atom is 0.142 e. The minimum Gasteiger partial charge on any atom is -0.271 e. The molecule has 1 atom stereocenters. The molecule has 0 radical (unpaired) electrons. The molecule has 0 saturated carbocycles. The third-order valence-electron chi connectivity index (χ3n) is 2.29. The second-order valence-corrected chi connectivity index (χ2v) is 6.22. The summed E-state index contributed by atoms with van der Waals surface area (Å²) in [5.41, 5.74) is 3.29. The fourth-order valence-corrected chi connectivity index (χ4v) is 2.94. The van der Waals surface area contributed by atoms with Crippen molar-refractivity contribution in [2.75, 3.05) is 11.5 Å². The van der Waals surface area contributed by atoms with Crippen LogP contribution in [0.2, 0.25) is 0 Å². The molecule has 0 aliphatic rings. The maximum absolute atomic E-state index is 13.9. The maximum atomic E-state index is 13.9. The number of nitrogens with one attached hydrogen (secondary N) is 1. The molecule has 96 valence electrons. The average molecular weight is 321 g/mol. The Labute approximate surface area is 115 Å². The first-order valence-corrected chi connectivity index (χ1v) is 7.48. The van der Waals surface area contributed by atoms with E-state index in [0.29, 0.717) is 16.0 Å². The van der Waals surface area contributed by atoms with E-state index in [-0.39, 0.29) is 11.9 Å². The van der Waals surface area contributed by atoms with Gasteiger partial charge >= 0.3 is 0 Å². The number of benzene rings is 1. The summed E-state index contributed by atoms with van der Waals surface area (Å²) >= 11 is 4.96. The monoisotopic (exact) mass is 320 g/mol. The van der Waals surface area contributed by atoms with Gasteiger partial charge in [-0.15, -0.1) is 0 Å². The van der Waals surface area contributed by atoms with Crippen LogP contribution in [0.4, 0.5) is 4.39 Å². The third-order valence-corrected chi connectivity index (χ3v) is 4.38. The summed E-state index contributed by atoms with van der Waals surface area (Å²) in [6.45, 7) is 4.33. The van der Waals surface area contributed by atoms with Gasteiger partial charge in [-0.2, -0.15) is 11.8 Å². The van der Waals surface area contributed by atoms with Crippen LogP contribution < -0.4 is 11.3 Å². The second kappa shape index (κ2) is 7.36. The Morgan fingerprint density at radius 1 is 1.41 bits per heavy atom. The molecule has 0 bridgehead atoms. The summed E-state index contributed by atoms with van der Waals surface area (Å²) in [4.78, 5) is 0. The Hall–Kier alpha value is -0.100. The minimum absolute atomic E-state index is 0.156. The first kappa shape index (κ1) is 15.0. The van der Waals surface area contributed by atoms with Crippen LogP contribution in [0.1, 0.15) is 25.5 Å². The van der Waals surface area contributed by atoms with Crippen LogP contribution >= 0.6 is 27.7 Å². The molecule has 2 nitrogen and oxygen atoms in total. The molecule has 0 aromatic heterocycles. The number of hydrazine groups is 1. The fraction of sp³-hybridized carbons (Fsp3) is 0.500. The quantitative estimate of drug-likeness (QED) is 0.622. The van der Waals surface area contributed by atoms with E-state index in [1.807, 2.05) is 6.07 Å². The zero-order valence-electron chi connectivity index (χ0n) is 10.0. The molecule has 0 aliphatic heterocycles. The van der Waals surface area contributed by atoms with Crippen molar-refractivity contribution in [1.29, 1.82) is 0 Å². The second-order valence-electron chi connectivity index (χ2n) is 4.29. The number of hydrogen-bond donors (Lipinski definition) is 2. The first-order chi connectivity index (χ1) is 8.06. The van der Waals surface area contributed by atoms with E-state index in [9.17, 15) is 4.39 Å². The minimum atomic E-state index is -0.236. The molecule has 0 amide bonds. The highest BCUT2D eigenvalue weighted by atomic mass is 79.9. The third kappa shape index (κ3) is 4.58. The van der Waals surface area contributed by atoms with Crippen molar-refractivity contribution >= 4 is 27.7 Å². The van der Waals surface area contributed by atoms with Gasteiger partial charge in [0, 0.05) is 11.3 Å². The lowest BCUT2D eigenvalue weighted by Gasteiger charge is -2.17. The van der Waals surface area contributed by atoms with Gasteiger partial charge in [-0.25, -0.2) is 4.39 Å². The van der Waals surface area contributed by atoms with Gasteiger partial charge in [0.1, 0.15) is 5.82 Å². The van der Waals surface area contributed by atoms with E-state index in [1.54, 1.807) is 23.9 Å². The summed E-state index contributed by atoms with van der Waals surface area (Å²) in [5, 5.41) is 0. The van der Waals surface area contributed by atoms with Crippen molar-refractivity contribution < 1.29 is 4.39 Å². The van der Waals surface area contributed by atoms with Crippen molar-refractivity contribution in [3.8, 4) is 0 Å². The number of hydrogen-bond acceptors (Lipinski definition) is 3. The van der Waals surface area contributed by atoms with Crippen molar-refractivity contribution in [3.05, 3.63) is 34.1 Å². The van der Waals surface area contributed by atoms with Gasteiger partial charge in [0.25, 0.3) is 0 Å². The Kier molecular flexibility index (Phi) is 6.48. The van der Waals surface area contributed by atoms with E-state index >= 15 is 0 Å². The van der Waals surface area contributed by atoms with Gasteiger partial charge in [-0.05, 0) is 33.7 Å². The molecule has 0 saturated heterocycles. The van der Waals surface area contributed by atoms with E-state index < -0.39 is 0 Å². The SMILES string of the molecule is CC(C)CSCC(NN)c1cccc(Br)c1F. The zero-order chi connectivity index (χ0) is 12.8. The van der Waals surface area contributed by atoms with Gasteiger partial charge in [-0.3, -0.25) is 11.3 Å². The molecular formula is C12H18BrFN2S. The normalized spacial score (nSPS) is 13.1. The lowest BCUT2D eigenvalue weighted by Crippen LogP contribution is -2.30. The van der Waals surface area contributed by atoms with Crippen LogP contribution in [0.15, 0.2) is 22.7 Å². The van der Waals surface area contributed by atoms with Gasteiger partial charge in [0.2, 0.25) is 0 Å². The highest BCUT2D eigenvalue weighted by Gasteiger charge is 2.16. The molecule has 5 heteroatoms. The molecule has 0 fully saturated rings. The van der Waals surface area contributed by atoms with E-state index in [2.05, 4.69) is 35.2 Å². The molecule has 0 spiro atoms. The zero-order valence-corrected chi connectivity index (χ0v) is 12.4. The molecule has 17 heavy (non-hydrogen) atoms. The number of halogens is 2. The Bertz CT molecular complexity index is 360. The predicted octanol–water partition coefficient (Wildman–Crippen LogP) is 3.48. The smallest absolute Gasteiger partial charge is 0.142 e. The van der Waals surface area contributed by atoms with E-state index in [0.717, 1.165) is 11.5 Å². The van der Waals surface area contributed by atoms with Crippen LogP contribution in [-0.2, 0) is 0 Å². The highest BCUT2D eigenvalue weighted by molar-refractivity contribution is 9.10. The fourth-order valence-electron chi connectivity index (χ4n) is 1.44. The molecule has 1 rings (SSSR count). The summed E-state index contributed by atoms with van der Waals surface area (Å²) in [5.74, 6) is 7.71. The van der Waals surface area contributed by atoms with E-state index in [1.165, 1.54) is 0 Å². The van der Waals surface area contributed by atoms with Crippen molar-refractivity contribution in [2.45, 2.75) is 19.9 Å². The van der Waals surface area contributed by atoms with E-state index in [4.69, 9.17) is 5.84 Å². The van der Waals surface area contributed by atoms with Gasteiger partial charge in [0.05, 0.1) is 10.5 Å². The summed E-state index contributed by atoms with van der Waals surface area (Å²) < 4.78 is 14.3. The Balaban J connectivity index is 2.69. The molecule has 0 heterocycles. The Morgan fingerprint density at radius 3 is 2.71 bits per heavy atom. The molecule has 1 unspecified atom stereocenters. The molecule has 3 N–H and O–H groups in total. The van der Waals surface area contributed by atoms with Gasteiger partial charge in [0.15, 0.2) is 0 Å². The van der Waals surface area contributed by atoms with Crippen LogP contribution in [-0.4, -0.2) is 11.5 Å². The first-order valence-electron chi connectivity index (χ1n) is 5.54. The molecular weight excluding hydrogens is 303 g/mol. The van der Waals surface area contributed by atoms with Crippen molar-refractivity contribution in [3.63, 3.8) is 0 Å². The predicted molar refractivity (Wildman–Crippen MR) is 76.3 cm³/mol. The van der Waals surface area contributed by atoms with Crippen LogP contribution in [0.25, 0.3) is 0 Å². The summed E-state index contributed by atoms with van der Waals surface area (Å²) in [6.07, 6.45) is 0. The lowest BCUT2D eigenvalue weighted by molar-refractivity contribution is 0.542. The van der Waals surface area contributed by atoms with Crippen LogP contribution in [0, 0.1) is 11.7 Å². The summed E-state index contributed by atoms with van der Waals surface area (Å²) in [6, 6.07) is 5.12. The molecule has 0 aliphatic carbocycles. The Morgan fingerprint density at radius 2 is 2.12 bits per heavy atom. The topological polar surface area (TPSA) is 38.0 Å². The largest absolute Gasteiger partial charge is 0.271 e. The molecule has 1 aromatic rings. The number of nitrogens with two attached hydrogens (primary N) is 1. The summed E-state index contributed by atoms with van der Waals surface area (Å²) in [7, 11) is 0. The van der Waals surface area contributed by atoms with Crippen LogP contribution in [0.3, 0.4) is 0 Å². The van der Waals surface area contributed by atoms with Gasteiger partial charge < -0.3 is 0 Å². The number of rotatable bonds is 6. The highest BCUT2D eigenvalue weighted by Crippen LogP contribution is 2.26. The average Bonchev–Trinajstić information content (AvgIpc) is 2.28. The van der Waals surface area contributed by atoms with Crippen molar-refractivity contribution in [2.24, 2.45) is 11.8 Å². The van der Waals surface area contributed by atoms with Crippen molar-refractivity contribution in [1.82, 2.24) is 5.43 Å². The standard InChI is InChI=1S/C12H18BrFN2S/c1-8(2)6-17-7-11(16-15)9-4-3-5-10(13)12(9)14/h3-5,8,11,16H,6-7,15H2,1-2H3. The molecule has 1 aromatic carbocycles. The number of thioether (sulfide) groups is 1. The lowest BCUT2D eigenvalue weighted by atomic mass is 10.1. The van der Waals surface area contributed by atoms with Gasteiger partial charge in [-0.1, -0.05) is 26.0 Å².